The number of fused-ring (bicyclic) bond motifs is 1. The number of anilines is 1. The zero-order chi connectivity index (χ0) is 18.6. The summed E-state index contributed by atoms with van der Waals surface area (Å²) in [7, 11) is 0. The molecule has 6 heteroatoms. The summed E-state index contributed by atoms with van der Waals surface area (Å²) >= 11 is 6.16. The molecule has 132 valence electrons. The Morgan fingerprint density at radius 1 is 1.11 bits per heavy atom. The van der Waals surface area contributed by atoms with Gasteiger partial charge in [-0.15, -0.1) is 0 Å². The van der Waals surface area contributed by atoms with Gasteiger partial charge in [0.1, 0.15) is 6.07 Å². The van der Waals surface area contributed by atoms with Gasteiger partial charge in [-0.2, -0.15) is 10.4 Å². The van der Waals surface area contributed by atoms with Gasteiger partial charge in [-0.3, -0.25) is 9.67 Å². The monoisotopic (exact) mass is 373 g/mol. The molecule has 0 aliphatic heterocycles. The van der Waals surface area contributed by atoms with Crippen LogP contribution in [0.15, 0.2) is 67.1 Å². The fourth-order valence-electron chi connectivity index (χ4n) is 3.08. The number of nitrogens with one attached hydrogen (secondary N) is 1. The third-order valence-corrected chi connectivity index (χ3v) is 4.65. The summed E-state index contributed by atoms with van der Waals surface area (Å²) in [4.78, 5) is 4.34. The normalized spacial score (nSPS) is 10.7. The molecule has 5 nitrogen and oxygen atoms in total. The van der Waals surface area contributed by atoms with Gasteiger partial charge >= 0.3 is 0 Å². The predicted octanol–water partition coefficient (Wildman–Crippen LogP) is 4.62. The highest BCUT2D eigenvalue weighted by molar-refractivity contribution is 6.31. The highest BCUT2D eigenvalue weighted by Crippen LogP contribution is 2.28. The number of nitriles is 1. The summed E-state index contributed by atoms with van der Waals surface area (Å²) in [6, 6.07) is 17.8. The molecule has 4 aromatic rings. The molecule has 0 atom stereocenters. The van der Waals surface area contributed by atoms with E-state index in [2.05, 4.69) is 33.6 Å². The lowest BCUT2D eigenvalue weighted by Crippen LogP contribution is -2.08. The number of halogens is 1. The Hall–Kier alpha value is -3.36. The maximum atomic E-state index is 9.50. The molecule has 0 amide bonds. The Bertz CT molecular complexity index is 1130. The van der Waals surface area contributed by atoms with E-state index in [0.717, 1.165) is 22.2 Å². The summed E-state index contributed by atoms with van der Waals surface area (Å²) in [5, 5.41) is 18.6. The van der Waals surface area contributed by atoms with Gasteiger partial charge in [-0.25, -0.2) is 0 Å². The summed E-state index contributed by atoms with van der Waals surface area (Å²) in [6.45, 7) is 1.27. The molecule has 0 radical (unpaired) electrons. The largest absolute Gasteiger partial charge is 0.379 e. The number of hydrogen-bond acceptors (Lipinski definition) is 4. The first-order chi connectivity index (χ1) is 13.2. The van der Waals surface area contributed by atoms with Gasteiger partial charge in [-0.05, 0) is 35.4 Å². The van der Waals surface area contributed by atoms with Crippen molar-refractivity contribution in [1.29, 1.82) is 5.26 Å². The van der Waals surface area contributed by atoms with Gasteiger partial charge in [0.2, 0.25) is 0 Å². The van der Waals surface area contributed by atoms with Crippen LogP contribution in [0.5, 0.6) is 0 Å². The van der Waals surface area contributed by atoms with Crippen LogP contribution in [0.4, 0.5) is 5.69 Å². The van der Waals surface area contributed by atoms with Crippen molar-refractivity contribution in [2.24, 2.45) is 0 Å². The lowest BCUT2D eigenvalue weighted by molar-refractivity contribution is 0.682. The van der Waals surface area contributed by atoms with Crippen LogP contribution < -0.4 is 5.32 Å². The molecule has 4 rings (SSSR count). The van der Waals surface area contributed by atoms with E-state index < -0.39 is 0 Å². The van der Waals surface area contributed by atoms with Crippen LogP contribution in [-0.4, -0.2) is 14.8 Å². The molecule has 0 bridgehead atoms. The quantitative estimate of drug-likeness (QED) is 0.554. The van der Waals surface area contributed by atoms with Gasteiger partial charge in [0.25, 0.3) is 0 Å². The second-order valence-electron chi connectivity index (χ2n) is 6.15. The maximum absolute atomic E-state index is 9.50. The van der Waals surface area contributed by atoms with Crippen molar-refractivity contribution in [1.82, 2.24) is 14.8 Å². The zero-order valence-corrected chi connectivity index (χ0v) is 15.2. The molecule has 2 aromatic heterocycles. The molecule has 2 aromatic carbocycles. The highest BCUT2D eigenvalue weighted by atomic mass is 35.5. The van der Waals surface area contributed by atoms with Gasteiger partial charge in [0.15, 0.2) is 0 Å². The third-order valence-electron chi connectivity index (χ3n) is 4.42. The first kappa shape index (κ1) is 17.1. The van der Waals surface area contributed by atoms with Gasteiger partial charge in [0, 0.05) is 35.5 Å². The van der Waals surface area contributed by atoms with E-state index in [9.17, 15) is 5.26 Å². The topological polar surface area (TPSA) is 66.5 Å². The fourth-order valence-corrected chi connectivity index (χ4v) is 3.25. The average Bonchev–Trinajstić information content (AvgIpc) is 3.20. The van der Waals surface area contributed by atoms with Crippen LogP contribution >= 0.6 is 11.6 Å². The van der Waals surface area contributed by atoms with Gasteiger partial charge < -0.3 is 5.32 Å². The molecule has 0 aliphatic carbocycles. The summed E-state index contributed by atoms with van der Waals surface area (Å²) < 4.78 is 1.89. The van der Waals surface area contributed by atoms with Crippen molar-refractivity contribution < 1.29 is 0 Å². The maximum Gasteiger partial charge on any atom is 0.103 e. The van der Waals surface area contributed by atoms with Gasteiger partial charge in [-0.1, -0.05) is 35.9 Å². The molecule has 1 N–H and O–H groups in total. The third kappa shape index (κ3) is 3.62. The molecular weight excluding hydrogens is 358 g/mol. The number of pyridine rings is 1. The number of rotatable bonds is 5. The molecule has 2 heterocycles. The van der Waals surface area contributed by atoms with Crippen LogP contribution in [0.2, 0.25) is 5.02 Å². The highest BCUT2D eigenvalue weighted by Gasteiger charge is 2.10. The minimum Gasteiger partial charge on any atom is -0.379 e. The summed E-state index contributed by atoms with van der Waals surface area (Å²) in [6.07, 6.45) is 5.30. The number of aromatic nitrogens is 3. The average molecular weight is 374 g/mol. The van der Waals surface area contributed by atoms with E-state index in [0.29, 0.717) is 23.7 Å². The van der Waals surface area contributed by atoms with Crippen molar-refractivity contribution in [3.8, 4) is 6.07 Å². The molecule has 0 saturated carbocycles. The predicted molar refractivity (Wildman–Crippen MR) is 107 cm³/mol. The van der Waals surface area contributed by atoms with Crippen LogP contribution in [-0.2, 0) is 13.1 Å². The summed E-state index contributed by atoms with van der Waals surface area (Å²) in [5.41, 5.74) is 4.35. The van der Waals surface area contributed by atoms with Crippen molar-refractivity contribution in [3.05, 3.63) is 88.8 Å². The molecule has 0 spiro atoms. The summed E-state index contributed by atoms with van der Waals surface area (Å²) in [5.74, 6) is 0. The molecule has 0 aliphatic rings. The van der Waals surface area contributed by atoms with Crippen LogP contribution in [0.3, 0.4) is 0 Å². The molecule has 0 fully saturated rings. The Balaban J connectivity index is 1.67. The van der Waals surface area contributed by atoms with Crippen LogP contribution in [0.1, 0.15) is 16.7 Å². The number of hydrogen-bond donors (Lipinski definition) is 1. The lowest BCUT2D eigenvalue weighted by Gasteiger charge is -2.14. The minimum absolute atomic E-state index is 0.495. The lowest BCUT2D eigenvalue weighted by atomic mass is 10.1. The number of nitrogens with zero attached hydrogens (tertiary/aromatic N) is 4. The van der Waals surface area contributed by atoms with Crippen LogP contribution in [0.25, 0.3) is 10.9 Å². The minimum atomic E-state index is 0.495. The second kappa shape index (κ2) is 7.48. The Kier molecular flexibility index (Phi) is 4.73. The first-order valence-corrected chi connectivity index (χ1v) is 8.89. The Morgan fingerprint density at radius 2 is 1.96 bits per heavy atom. The van der Waals surface area contributed by atoms with Crippen molar-refractivity contribution in [2.75, 3.05) is 5.32 Å². The van der Waals surface area contributed by atoms with E-state index in [1.165, 1.54) is 5.56 Å². The molecule has 0 unspecified atom stereocenters. The van der Waals surface area contributed by atoms with E-state index >= 15 is 0 Å². The van der Waals surface area contributed by atoms with E-state index in [1.807, 2.05) is 41.2 Å². The Morgan fingerprint density at radius 3 is 2.74 bits per heavy atom. The standard InChI is InChI=1S/C21H16ClN5/c22-18-6-7-20-19(10-18)21(17(11-23)13-24-20)25-12-15-4-1-2-5-16(15)14-27-9-3-8-26-27/h1-10,13H,12,14H2,(H,24,25). The number of benzene rings is 2. The van der Waals surface area contributed by atoms with Crippen molar-refractivity contribution in [2.45, 2.75) is 13.1 Å². The zero-order valence-electron chi connectivity index (χ0n) is 14.4. The SMILES string of the molecule is N#Cc1cnc2ccc(Cl)cc2c1NCc1ccccc1Cn1cccn1. The van der Waals surface area contributed by atoms with E-state index in [-0.39, 0.29) is 0 Å². The smallest absolute Gasteiger partial charge is 0.103 e. The molecular formula is C21H16ClN5. The van der Waals surface area contributed by atoms with Gasteiger partial charge in [0.05, 0.1) is 23.3 Å². The molecule has 27 heavy (non-hydrogen) atoms. The fraction of sp³-hybridized carbons (Fsp3) is 0.0952. The second-order valence-corrected chi connectivity index (χ2v) is 6.58. The first-order valence-electron chi connectivity index (χ1n) is 8.51. The molecule has 0 saturated heterocycles. The van der Waals surface area contributed by atoms with E-state index in [1.54, 1.807) is 18.5 Å². The Labute approximate surface area is 161 Å². The van der Waals surface area contributed by atoms with Crippen molar-refractivity contribution in [3.63, 3.8) is 0 Å². The van der Waals surface area contributed by atoms with Crippen LogP contribution in [0, 0.1) is 11.3 Å². The van der Waals surface area contributed by atoms with E-state index in [4.69, 9.17) is 11.6 Å². The van der Waals surface area contributed by atoms with Crippen molar-refractivity contribution >= 4 is 28.2 Å².